The van der Waals surface area contributed by atoms with Crippen molar-refractivity contribution in [1.29, 1.82) is 0 Å². The standard InChI is InChI=1S/C19H24N4O2/c1-15-10-17(5-7-21-15)18-13-23(8-9-25-18)19(24)14-22(2)12-16-4-3-6-20-11-16/h3-7,10-11,18H,8-9,12-14H2,1-2H3. The SMILES string of the molecule is Cc1cc(C2CN(C(=O)CN(C)Cc3cccnc3)CCO2)ccn1. The van der Waals surface area contributed by atoms with Crippen molar-refractivity contribution in [3.8, 4) is 0 Å². The summed E-state index contributed by atoms with van der Waals surface area (Å²) in [4.78, 5) is 24.9. The largest absolute Gasteiger partial charge is 0.370 e. The van der Waals surface area contributed by atoms with Crippen LogP contribution in [0.2, 0.25) is 0 Å². The van der Waals surface area contributed by atoms with Crippen LogP contribution < -0.4 is 0 Å². The van der Waals surface area contributed by atoms with Crippen molar-refractivity contribution >= 4 is 5.91 Å². The number of carbonyl (C=O) groups excluding carboxylic acids is 1. The van der Waals surface area contributed by atoms with Gasteiger partial charge in [-0.1, -0.05) is 6.07 Å². The van der Waals surface area contributed by atoms with E-state index < -0.39 is 0 Å². The topological polar surface area (TPSA) is 58.6 Å². The zero-order chi connectivity index (χ0) is 17.6. The maximum absolute atomic E-state index is 12.6. The molecule has 1 aliphatic rings. The zero-order valence-electron chi connectivity index (χ0n) is 14.8. The van der Waals surface area contributed by atoms with Crippen LogP contribution in [0.1, 0.15) is 22.9 Å². The molecule has 132 valence electrons. The second-order valence-corrected chi connectivity index (χ2v) is 6.46. The Balaban J connectivity index is 1.56. The van der Waals surface area contributed by atoms with E-state index >= 15 is 0 Å². The summed E-state index contributed by atoms with van der Waals surface area (Å²) < 4.78 is 5.86. The summed E-state index contributed by atoms with van der Waals surface area (Å²) in [6, 6.07) is 7.91. The number of aryl methyl sites for hydroxylation is 1. The number of hydrogen-bond acceptors (Lipinski definition) is 5. The third kappa shape index (κ3) is 4.84. The molecule has 0 aliphatic carbocycles. The molecule has 2 aromatic heterocycles. The van der Waals surface area contributed by atoms with E-state index in [1.54, 1.807) is 12.4 Å². The average Bonchev–Trinajstić information content (AvgIpc) is 2.62. The minimum Gasteiger partial charge on any atom is -0.370 e. The molecule has 1 amide bonds. The third-order valence-corrected chi connectivity index (χ3v) is 4.29. The predicted molar refractivity (Wildman–Crippen MR) is 94.8 cm³/mol. The Morgan fingerprint density at radius 1 is 1.40 bits per heavy atom. The molecule has 0 radical (unpaired) electrons. The van der Waals surface area contributed by atoms with Crippen molar-refractivity contribution < 1.29 is 9.53 Å². The number of aromatic nitrogens is 2. The summed E-state index contributed by atoms with van der Waals surface area (Å²) in [5.41, 5.74) is 3.14. The second kappa shape index (κ2) is 8.18. The summed E-state index contributed by atoms with van der Waals surface area (Å²) in [6.07, 6.45) is 5.29. The van der Waals surface area contributed by atoms with Crippen LogP contribution >= 0.6 is 0 Å². The first-order chi connectivity index (χ1) is 12.1. The molecule has 6 heteroatoms. The summed E-state index contributed by atoms with van der Waals surface area (Å²) >= 11 is 0. The summed E-state index contributed by atoms with van der Waals surface area (Å²) in [5, 5.41) is 0. The Labute approximate surface area is 148 Å². The normalized spacial score (nSPS) is 17.7. The Morgan fingerprint density at radius 3 is 3.04 bits per heavy atom. The number of ether oxygens (including phenoxy) is 1. The lowest BCUT2D eigenvalue weighted by Gasteiger charge is -2.34. The van der Waals surface area contributed by atoms with Gasteiger partial charge in [-0.3, -0.25) is 19.7 Å². The lowest BCUT2D eigenvalue weighted by Crippen LogP contribution is -2.46. The number of morpholine rings is 1. The van der Waals surface area contributed by atoms with Crippen molar-refractivity contribution in [2.24, 2.45) is 0 Å². The molecule has 3 heterocycles. The van der Waals surface area contributed by atoms with Crippen LogP contribution in [0.25, 0.3) is 0 Å². The molecule has 2 aromatic rings. The Morgan fingerprint density at radius 2 is 2.28 bits per heavy atom. The number of nitrogens with zero attached hydrogens (tertiary/aromatic N) is 4. The van der Waals surface area contributed by atoms with Crippen LogP contribution in [0.15, 0.2) is 42.9 Å². The van der Waals surface area contributed by atoms with E-state index in [-0.39, 0.29) is 12.0 Å². The Kier molecular flexibility index (Phi) is 5.73. The minimum absolute atomic E-state index is 0.0805. The molecule has 0 N–H and O–H groups in total. The molecule has 0 spiro atoms. The van der Waals surface area contributed by atoms with Gasteiger partial charge in [-0.05, 0) is 43.3 Å². The molecular weight excluding hydrogens is 316 g/mol. The molecule has 1 fully saturated rings. The summed E-state index contributed by atoms with van der Waals surface area (Å²) in [5.74, 6) is 0.130. The number of pyridine rings is 2. The van der Waals surface area contributed by atoms with Crippen LogP contribution in [0.3, 0.4) is 0 Å². The number of likely N-dealkylation sites (N-methyl/N-ethyl adjacent to an activating group) is 1. The van der Waals surface area contributed by atoms with Crippen molar-refractivity contribution in [2.45, 2.75) is 19.6 Å². The molecular formula is C19H24N4O2. The quantitative estimate of drug-likeness (QED) is 0.831. The number of rotatable bonds is 5. The molecule has 3 rings (SSSR count). The van der Waals surface area contributed by atoms with E-state index in [4.69, 9.17) is 4.74 Å². The van der Waals surface area contributed by atoms with E-state index in [1.165, 1.54) is 0 Å². The van der Waals surface area contributed by atoms with Gasteiger partial charge >= 0.3 is 0 Å². The van der Waals surface area contributed by atoms with Crippen molar-refractivity contribution in [2.75, 3.05) is 33.3 Å². The molecule has 6 nitrogen and oxygen atoms in total. The van der Waals surface area contributed by atoms with Crippen molar-refractivity contribution in [3.05, 3.63) is 59.7 Å². The highest BCUT2D eigenvalue weighted by Crippen LogP contribution is 2.22. The summed E-state index contributed by atoms with van der Waals surface area (Å²) in [7, 11) is 1.95. The second-order valence-electron chi connectivity index (χ2n) is 6.46. The van der Waals surface area contributed by atoms with Gasteiger partial charge in [0, 0.05) is 37.4 Å². The molecule has 0 bridgehead atoms. The minimum atomic E-state index is -0.0805. The number of amides is 1. The smallest absolute Gasteiger partial charge is 0.236 e. The van der Waals surface area contributed by atoms with Gasteiger partial charge in [0.05, 0.1) is 19.7 Å². The van der Waals surface area contributed by atoms with Crippen LogP contribution in [-0.2, 0) is 16.1 Å². The Bertz CT molecular complexity index is 708. The molecule has 25 heavy (non-hydrogen) atoms. The van der Waals surface area contributed by atoms with E-state index in [0.29, 0.717) is 32.8 Å². The molecule has 1 unspecified atom stereocenters. The predicted octanol–water partition coefficient (Wildman–Crippen LogP) is 1.82. The van der Waals surface area contributed by atoms with Gasteiger partial charge in [0.2, 0.25) is 5.91 Å². The van der Waals surface area contributed by atoms with Crippen LogP contribution in [-0.4, -0.2) is 59.0 Å². The highest BCUT2D eigenvalue weighted by Gasteiger charge is 2.26. The van der Waals surface area contributed by atoms with E-state index in [9.17, 15) is 4.79 Å². The monoisotopic (exact) mass is 340 g/mol. The molecule has 1 aliphatic heterocycles. The fourth-order valence-corrected chi connectivity index (χ4v) is 3.04. The first kappa shape index (κ1) is 17.5. The van der Waals surface area contributed by atoms with Gasteiger partial charge in [0.15, 0.2) is 0 Å². The summed E-state index contributed by atoms with van der Waals surface area (Å²) in [6.45, 7) is 4.84. The van der Waals surface area contributed by atoms with E-state index in [2.05, 4.69) is 9.97 Å². The maximum atomic E-state index is 12.6. The van der Waals surface area contributed by atoms with Crippen LogP contribution in [0, 0.1) is 6.92 Å². The Hall–Kier alpha value is -2.31. The molecule has 1 atom stereocenters. The third-order valence-electron chi connectivity index (χ3n) is 4.29. The average molecular weight is 340 g/mol. The van der Waals surface area contributed by atoms with Gasteiger partial charge in [0.1, 0.15) is 6.10 Å². The van der Waals surface area contributed by atoms with Crippen LogP contribution in [0.5, 0.6) is 0 Å². The molecule has 0 saturated carbocycles. The van der Waals surface area contributed by atoms with Crippen molar-refractivity contribution in [3.63, 3.8) is 0 Å². The van der Waals surface area contributed by atoms with Gasteiger partial charge in [0.25, 0.3) is 0 Å². The van der Waals surface area contributed by atoms with Gasteiger partial charge in [-0.2, -0.15) is 0 Å². The van der Waals surface area contributed by atoms with Crippen LogP contribution in [0.4, 0.5) is 0 Å². The zero-order valence-corrected chi connectivity index (χ0v) is 14.8. The lowest BCUT2D eigenvalue weighted by atomic mass is 10.1. The first-order valence-electron chi connectivity index (χ1n) is 8.51. The van der Waals surface area contributed by atoms with Gasteiger partial charge in [-0.15, -0.1) is 0 Å². The highest BCUT2D eigenvalue weighted by molar-refractivity contribution is 5.78. The first-order valence-corrected chi connectivity index (χ1v) is 8.51. The van der Waals surface area contributed by atoms with E-state index in [1.807, 2.05) is 54.2 Å². The number of carbonyl (C=O) groups is 1. The fourth-order valence-electron chi connectivity index (χ4n) is 3.04. The number of hydrogen-bond donors (Lipinski definition) is 0. The molecule has 0 aromatic carbocycles. The molecule has 1 saturated heterocycles. The van der Waals surface area contributed by atoms with Crippen molar-refractivity contribution in [1.82, 2.24) is 19.8 Å². The van der Waals surface area contributed by atoms with Gasteiger partial charge < -0.3 is 9.64 Å². The van der Waals surface area contributed by atoms with Gasteiger partial charge in [-0.25, -0.2) is 0 Å². The van der Waals surface area contributed by atoms with E-state index in [0.717, 1.165) is 16.8 Å². The highest BCUT2D eigenvalue weighted by atomic mass is 16.5. The lowest BCUT2D eigenvalue weighted by molar-refractivity contribution is -0.140. The fraction of sp³-hybridized carbons (Fsp3) is 0.421. The maximum Gasteiger partial charge on any atom is 0.236 e.